The van der Waals surface area contributed by atoms with Gasteiger partial charge in [-0.25, -0.2) is 4.39 Å². The van der Waals surface area contributed by atoms with E-state index in [1.807, 2.05) is 31.2 Å². The van der Waals surface area contributed by atoms with Crippen LogP contribution in [0.25, 0.3) is 11.1 Å². The average molecular weight is 317 g/mol. The number of halogens is 1. The molecule has 0 aromatic heterocycles. The first kappa shape index (κ1) is 17.4. The molecular weight excluding hydrogens is 293 g/mol. The van der Waals surface area contributed by atoms with Crippen LogP contribution in [-0.4, -0.2) is 33.4 Å². The number of hydrogen-bond donors (Lipinski definition) is 1. The molecule has 0 heterocycles. The molecule has 0 saturated heterocycles. The average Bonchev–Trinajstić information content (AvgIpc) is 2.54. The van der Waals surface area contributed by atoms with E-state index in [0.29, 0.717) is 18.8 Å². The third-order valence-electron chi connectivity index (χ3n) is 3.64. The lowest BCUT2D eigenvalue weighted by molar-refractivity contribution is 0.197. The number of benzene rings is 2. The zero-order valence-corrected chi connectivity index (χ0v) is 14.0. The minimum absolute atomic E-state index is 0.198. The summed E-state index contributed by atoms with van der Waals surface area (Å²) in [5.74, 6) is 0.573. The number of aryl methyl sites for hydroxylation is 2. The topological polar surface area (TPSA) is 30.5 Å². The van der Waals surface area contributed by atoms with Crippen LogP contribution in [0.15, 0.2) is 36.4 Å². The highest BCUT2D eigenvalue weighted by Gasteiger charge is 2.09. The Bertz CT molecular complexity index is 643. The lowest BCUT2D eigenvalue weighted by Crippen LogP contribution is -2.24. The van der Waals surface area contributed by atoms with Crippen LogP contribution in [0.1, 0.15) is 11.1 Å². The molecule has 0 fully saturated rings. The predicted molar refractivity (Wildman–Crippen MR) is 91.6 cm³/mol. The van der Waals surface area contributed by atoms with E-state index in [-0.39, 0.29) is 5.82 Å². The second-order valence-corrected chi connectivity index (χ2v) is 5.55. The molecule has 0 atom stereocenters. The van der Waals surface area contributed by atoms with Crippen molar-refractivity contribution in [1.29, 1.82) is 0 Å². The monoisotopic (exact) mass is 317 g/mol. The summed E-state index contributed by atoms with van der Waals surface area (Å²) in [6.07, 6.45) is 0. The van der Waals surface area contributed by atoms with E-state index in [2.05, 4.69) is 5.32 Å². The normalized spacial score (nSPS) is 10.8. The first-order valence-corrected chi connectivity index (χ1v) is 7.81. The molecule has 3 nitrogen and oxygen atoms in total. The molecule has 0 aliphatic heterocycles. The highest BCUT2D eigenvalue weighted by molar-refractivity contribution is 5.71. The quantitative estimate of drug-likeness (QED) is 0.753. The molecule has 124 valence electrons. The van der Waals surface area contributed by atoms with Crippen molar-refractivity contribution in [3.63, 3.8) is 0 Å². The molecule has 0 bridgehead atoms. The summed E-state index contributed by atoms with van der Waals surface area (Å²) in [5, 5.41) is 3.23. The third kappa shape index (κ3) is 5.05. The van der Waals surface area contributed by atoms with Gasteiger partial charge in [-0.1, -0.05) is 23.8 Å². The predicted octanol–water partition coefficient (Wildman–Crippen LogP) is 3.72. The van der Waals surface area contributed by atoms with Gasteiger partial charge in [-0.2, -0.15) is 0 Å². The van der Waals surface area contributed by atoms with Gasteiger partial charge in [0.1, 0.15) is 18.2 Å². The molecule has 0 aliphatic rings. The summed E-state index contributed by atoms with van der Waals surface area (Å²) in [5.41, 5.74) is 3.51. The summed E-state index contributed by atoms with van der Waals surface area (Å²) < 4.78 is 24.7. The molecule has 0 radical (unpaired) electrons. The number of methoxy groups -OCH3 is 1. The van der Waals surface area contributed by atoms with E-state index in [1.54, 1.807) is 26.2 Å². The Labute approximate surface area is 137 Å². The standard InChI is InChI=1S/C19H24FNO2/c1-14-4-7-19(23-11-9-21-8-10-22-3)17(12-14)16-6-5-15(2)18(20)13-16/h4-7,12-13,21H,8-11H2,1-3H3. The van der Waals surface area contributed by atoms with E-state index < -0.39 is 0 Å². The lowest BCUT2D eigenvalue weighted by atomic mass is 10.0. The molecule has 0 aliphatic carbocycles. The summed E-state index contributed by atoms with van der Waals surface area (Å²) >= 11 is 0. The van der Waals surface area contributed by atoms with Crippen LogP contribution in [0.4, 0.5) is 4.39 Å². The lowest BCUT2D eigenvalue weighted by Gasteiger charge is -2.13. The number of hydrogen-bond acceptors (Lipinski definition) is 3. The zero-order chi connectivity index (χ0) is 16.7. The van der Waals surface area contributed by atoms with E-state index in [0.717, 1.165) is 35.5 Å². The first-order chi connectivity index (χ1) is 11.1. The van der Waals surface area contributed by atoms with Gasteiger partial charge in [-0.15, -0.1) is 0 Å². The smallest absolute Gasteiger partial charge is 0.127 e. The zero-order valence-electron chi connectivity index (χ0n) is 14.0. The van der Waals surface area contributed by atoms with Gasteiger partial charge in [0.25, 0.3) is 0 Å². The van der Waals surface area contributed by atoms with Gasteiger partial charge in [-0.3, -0.25) is 0 Å². The van der Waals surface area contributed by atoms with Crippen molar-refractivity contribution in [2.24, 2.45) is 0 Å². The van der Waals surface area contributed by atoms with Crippen molar-refractivity contribution in [2.45, 2.75) is 13.8 Å². The SMILES string of the molecule is COCCNCCOc1ccc(C)cc1-c1ccc(C)c(F)c1. The van der Waals surface area contributed by atoms with Crippen molar-refractivity contribution < 1.29 is 13.9 Å². The highest BCUT2D eigenvalue weighted by atomic mass is 19.1. The van der Waals surface area contributed by atoms with Gasteiger partial charge >= 0.3 is 0 Å². The van der Waals surface area contributed by atoms with Crippen molar-refractivity contribution in [1.82, 2.24) is 5.32 Å². The Morgan fingerprint density at radius 1 is 1.00 bits per heavy atom. The molecule has 0 saturated carbocycles. The number of rotatable bonds is 8. The summed E-state index contributed by atoms with van der Waals surface area (Å²) in [6, 6.07) is 11.3. The van der Waals surface area contributed by atoms with E-state index >= 15 is 0 Å². The summed E-state index contributed by atoms with van der Waals surface area (Å²) in [4.78, 5) is 0. The van der Waals surface area contributed by atoms with Crippen molar-refractivity contribution in [3.8, 4) is 16.9 Å². The first-order valence-electron chi connectivity index (χ1n) is 7.81. The van der Waals surface area contributed by atoms with Crippen molar-refractivity contribution in [3.05, 3.63) is 53.3 Å². The maximum atomic E-state index is 13.9. The molecule has 4 heteroatoms. The summed E-state index contributed by atoms with van der Waals surface area (Å²) in [7, 11) is 1.68. The minimum Gasteiger partial charge on any atom is -0.492 e. The van der Waals surface area contributed by atoms with Crippen LogP contribution in [0.5, 0.6) is 5.75 Å². The molecule has 2 aromatic rings. The Morgan fingerprint density at radius 3 is 2.52 bits per heavy atom. The molecule has 23 heavy (non-hydrogen) atoms. The molecule has 0 amide bonds. The molecular formula is C19H24FNO2. The Kier molecular flexibility index (Phi) is 6.56. The van der Waals surface area contributed by atoms with E-state index in [9.17, 15) is 4.39 Å². The molecule has 2 aromatic carbocycles. The van der Waals surface area contributed by atoms with Crippen molar-refractivity contribution >= 4 is 0 Å². The second kappa shape index (κ2) is 8.65. The van der Waals surface area contributed by atoms with Gasteiger partial charge in [0.05, 0.1) is 6.61 Å². The Hall–Kier alpha value is -1.91. The van der Waals surface area contributed by atoms with Crippen LogP contribution in [0.3, 0.4) is 0 Å². The fraction of sp³-hybridized carbons (Fsp3) is 0.368. The largest absolute Gasteiger partial charge is 0.492 e. The minimum atomic E-state index is -0.198. The van der Waals surface area contributed by atoms with Crippen LogP contribution < -0.4 is 10.1 Å². The van der Waals surface area contributed by atoms with Gasteiger partial charge in [-0.05, 0) is 43.2 Å². The van der Waals surface area contributed by atoms with Crippen LogP contribution in [0, 0.1) is 19.7 Å². The van der Waals surface area contributed by atoms with Gasteiger partial charge in [0.2, 0.25) is 0 Å². The molecule has 2 rings (SSSR count). The van der Waals surface area contributed by atoms with E-state index in [1.165, 1.54) is 0 Å². The maximum absolute atomic E-state index is 13.9. The fourth-order valence-electron chi connectivity index (χ4n) is 2.29. The second-order valence-electron chi connectivity index (χ2n) is 5.55. The summed E-state index contributed by atoms with van der Waals surface area (Å²) in [6.45, 7) is 6.54. The van der Waals surface area contributed by atoms with Crippen molar-refractivity contribution in [2.75, 3.05) is 33.4 Å². The third-order valence-corrected chi connectivity index (χ3v) is 3.64. The Morgan fingerprint density at radius 2 is 1.78 bits per heavy atom. The molecule has 0 spiro atoms. The number of nitrogens with one attached hydrogen (secondary N) is 1. The van der Waals surface area contributed by atoms with Gasteiger partial charge in [0.15, 0.2) is 0 Å². The van der Waals surface area contributed by atoms with Gasteiger partial charge < -0.3 is 14.8 Å². The van der Waals surface area contributed by atoms with Crippen LogP contribution >= 0.6 is 0 Å². The Balaban J connectivity index is 2.09. The molecule has 1 N–H and O–H groups in total. The number of ether oxygens (including phenoxy) is 2. The highest BCUT2D eigenvalue weighted by Crippen LogP contribution is 2.32. The van der Waals surface area contributed by atoms with E-state index in [4.69, 9.17) is 9.47 Å². The van der Waals surface area contributed by atoms with Crippen LogP contribution in [-0.2, 0) is 4.74 Å². The fourth-order valence-corrected chi connectivity index (χ4v) is 2.29. The maximum Gasteiger partial charge on any atom is 0.127 e. The van der Waals surface area contributed by atoms with Crippen LogP contribution in [0.2, 0.25) is 0 Å². The van der Waals surface area contributed by atoms with Gasteiger partial charge in [0, 0.05) is 25.8 Å². The molecule has 0 unspecified atom stereocenters.